The van der Waals surface area contributed by atoms with Gasteiger partial charge < -0.3 is 14.8 Å². The van der Waals surface area contributed by atoms with E-state index in [4.69, 9.17) is 9.47 Å². The lowest BCUT2D eigenvalue weighted by Crippen LogP contribution is -2.25. The molecule has 2 aromatic rings. The number of nitrogens with zero attached hydrogens (tertiary/aromatic N) is 2. The molecule has 5 heteroatoms. The fourth-order valence-electron chi connectivity index (χ4n) is 3.44. The number of nitrogens with one attached hydrogen (secondary N) is 1. The van der Waals surface area contributed by atoms with Crippen LogP contribution in [0.3, 0.4) is 0 Å². The minimum Gasteiger partial charge on any atom is -0.493 e. The highest BCUT2D eigenvalue weighted by Gasteiger charge is 2.23. The average Bonchev–Trinajstić information content (AvgIpc) is 3.04. The minimum absolute atomic E-state index is 0.381. The van der Waals surface area contributed by atoms with Crippen molar-refractivity contribution >= 4 is 0 Å². The molecule has 0 saturated carbocycles. The second-order valence-electron chi connectivity index (χ2n) is 6.11. The van der Waals surface area contributed by atoms with Gasteiger partial charge in [0.25, 0.3) is 0 Å². The highest BCUT2D eigenvalue weighted by molar-refractivity contribution is 5.43. The predicted molar refractivity (Wildman–Crippen MR) is 94.6 cm³/mol. The highest BCUT2D eigenvalue weighted by Crippen LogP contribution is 2.31. The fraction of sp³-hybridized carbons (Fsp3) is 0.526. The molecule has 130 valence electrons. The lowest BCUT2D eigenvalue weighted by atomic mass is 9.93. The molecule has 1 aliphatic carbocycles. The van der Waals surface area contributed by atoms with Crippen molar-refractivity contribution in [2.75, 3.05) is 13.7 Å². The topological polar surface area (TPSA) is 48.3 Å². The molecule has 0 spiro atoms. The number of rotatable bonds is 7. The largest absolute Gasteiger partial charge is 0.493 e. The Bertz CT molecular complexity index is 681. The first kappa shape index (κ1) is 16.8. The van der Waals surface area contributed by atoms with Crippen LogP contribution in [-0.2, 0) is 19.5 Å². The molecular weight excluding hydrogens is 302 g/mol. The Hall–Kier alpha value is -2.01. The van der Waals surface area contributed by atoms with Gasteiger partial charge in [0.05, 0.1) is 19.9 Å². The standard InChI is InChI=1S/C19H27N3O2/c1-4-22-17-8-6-7-16(15(17)13-21-22)20-12-14-9-10-18(23-3)19(11-14)24-5-2/h9-11,13,16,20H,4-8,12H2,1-3H3/t16-/m1/s1. The van der Waals surface area contributed by atoms with Crippen LogP contribution in [0.15, 0.2) is 24.4 Å². The third kappa shape index (κ3) is 3.41. The summed E-state index contributed by atoms with van der Waals surface area (Å²) in [6.45, 7) is 6.52. The van der Waals surface area contributed by atoms with Crippen LogP contribution in [0.5, 0.6) is 11.5 Å². The van der Waals surface area contributed by atoms with Gasteiger partial charge in [-0.3, -0.25) is 4.68 Å². The molecule has 0 bridgehead atoms. The second kappa shape index (κ2) is 7.71. The van der Waals surface area contributed by atoms with E-state index in [2.05, 4.69) is 34.2 Å². The van der Waals surface area contributed by atoms with Gasteiger partial charge in [-0.05, 0) is 50.8 Å². The summed E-state index contributed by atoms with van der Waals surface area (Å²) >= 11 is 0. The van der Waals surface area contributed by atoms with Crippen LogP contribution in [0.1, 0.15) is 49.6 Å². The average molecular weight is 329 g/mol. The Morgan fingerprint density at radius 3 is 2.92 bits per heavy atom. The van der Waals surface area contributed by atoms with Gasteiger partial charge in [0.1, 0.15) is 0 Å². The maximum Gasteiger partial charge on any atom is 0.161 e. The number of hydrogen-bond acceptors (Lipinski definition) is 4. The second-order valence-corrected chi connectivity index (χ2v) is 6.11. The molecule has 1 atom stereocenters. The van der Waals surface area contributed by atoms with Crippen molar-refractivity contribution in [2.24, 2.45) is 0 Å². The lowest BCUT2D eigenvalue weighted by molar-refractivity contribution is 0.310. The van der Waals surface area contributed by atoms with Gasteiger partial charge in [-0.1, -0.05) is 6.07 Å². The van der Waals surface area contributed by atoms with E-state index in [1.54, 1.807) is 7.11 Å². The summed E-state index contributed by atoms with van der Waals surface area (Å²) in [6, 6.07) is 6.51. The molecular formula is C19H27N3O2. The molecule has 1 aliphatic rings. The molecule has 24 heavy (non-hydrogen) atoms. The van der Waals surface area contributed by atoms with Gasteiger partial charge in [-0.15, -0.1) is 0 Å². The Labute approximate surface area is 144 Å². The minimum atomic E-state index is 0.381. The number of hydrogen-bond donors (Lipinski definition) is 1. The van der Waals surface area contributed by atoms with Crippen LogP contribution < -0.4 is 14.8 Å². The molecule has 5 nitrogen and oxygen atoms in total. The zero-order valence-corrected chi connectivity index (χ0v) is 14.8. The summed E-state index contributed by atoms with van der Waals surface area (Å²) in [5.74, 6) is 1.59. The van der Waals surface area contributed by atoms with Crippen molar-refractivity contribution in [1.82, 2.24) is 15.1 Å². The van der Waals surface area contributed by atoms with Crippen molar-refractivity contribution < 1.29 is 9.47 Å². The molecule has 1 aromatic carbocycles. The van der Waals surface area contributed by atoms with Crippen LogP contribution in [0.4, 0.5) is 0 Å². The van der Waals surface area contributed by atoms with Gasteiger partial charge in [0.15, 0.2) is 11.5 Å². The highest BCUT2D eigenvalue weighted by atomic mass is 16.5. The van der Waals surface area contributed by atoms with E-state index >= 15 is 0 Å². The summed E-state index contributed by atoms with van der Waals surface area (Å²) in [5, 5.41) is 8.21. The monoisotopic (exact) mass is 329 g/mol. The Balaban J connectivity index is 1.70. The third-order valence-electron chi connectivity index (χ3n) is 4.64. The number of aromatic nitrogens is 2. The smallest absolute Gasteiger partial charge is 0.161 e. The molecule has 1 N–H and O–H groups in total. The molecule has 3 rings (SSSR count). The first-order valence-corrected chi connectivity index (χ1v) is 8.84. The van der Waals surface area contributed by atoms with Gasteiger partial charge in [-0.2, -0.15) is 5.10 Å². The maximum absolute atomic E-state index is 5.67. The van der Waals surface area contributed by atoms with Gasteiger partial charge in [0.2, 0.25) is 0 Å². The first-order valence-electron chi connectivity index (χ1n) is 8.84. The predicted octanol–water partition coefficient (Wildman–Crippen LogP) is 3.48. The summed E-state index contributed by atoms with van der Waals surface area (Å²) in [5.41, 5.74) is 3.96. The number of fused-ring (bicyclic) bond motifs is 1. The molecule has 0 radical (unpaired) electrons. The van der Waals surface area contributed by atoms with E-state index in [1.165, 1.54) is 23.2 Å². The van der Waals surface area contributed by atoms with Crippen molar-refractivity contribution in [3.8, 4) is 11.5 Å². The summed E-state index contributed by atoms with van der Waals surface area (Å²) < 4.78 is 13.1. The van der Waals surface area contributed by atoms with E-state index in [9.17, 15) is 0 Å². The van der Waals surface area contributed by atoms with Crippen LogP contribution in [0.2, 0.25) is 0 Å². The van der Waals surface area contributed by atoms with Crippen molar-refractivity contribution in [3.63, 3.8) is 0 Å². The zero-order chi connectivity index (χ0) is 16.9. The third-order valence-corrected chi connectivity index (χ3v) is 4.64. The summed E-state index contributed by atoms with van der Waals surface area (Å²) in [4.78, 5) is 0. The van der Waals surface area contributed by atoms with E-state index in [1.807, 2.05) is 19.2 Å². The number of benzene rings is 1. The Morgan fingerprint density at radius 2 is 2.17 bits per heavy atom. The van der Waals surface area contributed by atoms with Crippen molar-refractivity contribution in [1.29, 1.82) is 0 Å². The quantitative estimate of drug-likeness (QED) is 0.845. The molecule has 0 fully saturated rings. The lowest BCUT2D eigenvalue weighted by Gasteiger charge is -2.24. The zero-order valence-electron chi connectivity index (χ0n) is 14.8. The SMILES string of the molecule is CCOc1cc(CN[C@@H]2CCCc3c2cnn3CC)ccc1OC. The van der Waals surface area contributed by atoms with E-state index in [0.29, 0.717) is 12.6 Å². The fourth-order valence-corrected chi connectivity index (χ4v) is 3.44. The maximum atomic E-state index is 5.67. The van der Waals surface area contributed by atoms with Crippen molar-refractivity contribution in [2.45, 2.75) is 52.2 Å². The van der Waals surface area contributed by atoms with Crippen LogP contribution in [0.25, 0.3) is 0 Å². The van der Waals surface area contributed by atoms with Crippen molar-refractivity contribution in [3.05, 3.63) is 41.2 Å². The molecule has 0 aliphatic heterocycles. The van der Waals surface area contributed by atoms with Crippen LogP contribution in [-0.4, -0.2) is 23.5 Å². The Kier molecular flexibility index (Phi) is 5.41. The molecule has 0 unspecified atom stereocenters. The number of aryl methyl sites for hydroxylation is 1. The van der Waals surface area contributed by atoms with Gasteiger partial charge in [-0.25, -0.2) is 0 Å². The van der Waals surface area contributed by atoms with Gasteiger partial charge in [0, 0.05) is 30.4 Å². The first-order chi connectivity index (χ1) is 11.8. The van der Waals surface area contributed by atoms with Crippen LogP contribution >= 0.6 is 0 Å². The summed E-state index contributed by atoms with van der Waals surface area (Å²) in [7, 11) is 1.67. The Morgan fingerprint density at radius 1 is 1.29 bits per heavy atom. The number of methoxy groups -OCH3 is 1. The molecule has 0 saturated heterocycles. The van der Waals surface area contributed by atoms with Crippen LogP contribution in [0, 0.1) is 0 Å². The normalized spacial score (nSPS) is 16.7. The molecule has 1 heterocycles. The number of ether oxygens (including phenoxy) is 2. The molecule has 1 aromatic heterocycles. The van der Waals surface area contributed by atoms with E-state index in [0.717, 1.165) is 37.4 Å². The summed E-state index contributed by atoms with van der Waals surface area (Å²) in [6.07, 6.45) is 5.55. The van der Waals surface area contributed by atoms with E-state index in [-0.39, 0.29) is 0 Å². The van der Waals surface area contributed by atoms with Gasteiger partial charge >= 0.3 is 0 Å². The molecule has 0 amide bonds. The van der Waals surface area contributed by atoms with E-state index < -0.39 is 0 Å².